The number of nitrogen functional groups attached to an aromatic ring is 1. The first-order valence-corrected chi connectivity index (χ1v) is 5.16. The molecule has 1 aliphatic heterocycles. The lowest BCUT2D eigenvalue weighted by Crippen LogP contribution is -2.30. The molecule has 0 bridgehead atoms. The van der Waals surface area contributed by atoms with E-state index in [0.29, 0.717) is 17.8 Å². The van der Waals surface area contributed by atoms with Crippen molar-refractivity contribution in [1.82, 2.24) is 10.1 Å². The smallest absolute Gasteiger partial charge is 0.176 e. The first-order chi connectivity index (χ1) is 6.70. The van der Waals surface area contributed by atoms with Crippen LogP contribution >= 0.6 is 0 Å². The van der Waals surface area contributed by atoms with Gasteiger partial charge in [-0.05, 0) is 33.2 Å². The van der Waals surface area contributed by atoms with E-state index in [1.54, 1.807) is 6.20 Å². The van der Waals surface area contributed by atoms with Gasteiger partial charge in [0.15, 0.2) is 5.76 Å². The molecule has 1 aromatic rings. The summed E-state index contributed by atoms with van der Waals surface area (Å²) < 4.78 is 5.21. The van der Waals surface area contributed by atoms with Crippen molar-refractivity contribution in [1.29, 1.82) is 0 Å². The normalized spacial score (nSPS) is 23.5. The van der Waals surface area contributed by atoms with Crippen LogP contribution in [0.4, 0.5) is 5.69 Å². The van der Waals surface area contributed by atoms with Crippen molar-refractivity contribution in [3.63, 3.8) is 0 Å². The van der Waals surface area contributed by atoms with Crippen LogP contribution < -0.4 is 5.73 Å². The molecule has 1 saturated heterocycles. The third-order valence-corrected chi connectivity index (χ3v) is 2.89. The highest BCUT2D eigenvalue weighted by atomic mass is 16.5. The van der Waals surface area contributed by atoms with E-state index in [1.807, 2.05) is 0 Å². The molecule has 0 spiro atoms. The van der Waals surface area contributed by atoms with Gasteiger partial charge < -0.3 is 10.3 Å². The lowest BCUT2D eigenvalue weighted by atomic mass is 10.1. The van der Waals surface area contributed by atoms with E-state index in [1.165, 1.54) is 6.42 Å². The summed E-state index contributed by atoms with van der Waals surface area (Å²) in [4.78, 5) is 2.41. The molecule has 2 heterocycles. The number of hydrogen-bond acceptors (Lipinski definition) is 4. The third-order valence-electron chi connectivity index (χ3n) is 2.89. The fraction of sp³-hybridized carbons (Fsp3) is 0.700. The van der Waals surface area contributed by atoms with E-state index in [-0.39, 0.29) is 0 Å². The lowest BCUT2D eigenvalue weighted by molar-refractivity contribution is 0.175. The summed E-state index contributed by atoms with van der Waals surface area (Å²) in [6.45, 7) is 5.53. The monoisotopic (exact) mass is 195 g/mol. The second-order valence-electron chi connectivity index (χ2n) is 4.13. The van der Waals surface area contributed by atoms with Crippen LogP contribution in [0.2, 0.25) is 0 Å². The molecule has 0 amide bonds. The highest BCUT2D eigenvalue weighted by Crippen LogP contribution is 2.35. The van der Waals surface area contributed by atoms with Crippen LogP contribution in [0.1, 0.15) is 38.5 Å². The fourth-order valence-electron chi connectivity index (χ4n) is 2.20. The average Bonchev–Trinajstić information content (AvgIpc) is 2.70. The Hall–Kier alpha value is -1.03. The molecule has 0 aromatic carbocycles. The molecule has 1 fully saturated rings. The lowest BCUT2D eigenvalue weighted by Gasteiger charge is -2.26. The predicted molar refractivity (Wildman–Crippen MR) is 54.7 cm³/mol. The first kappa shape index (κ1) is 9.52. The minimum Gasteiger partial charge on any atom is -0.394 e. The van der Waals surface area contributed by atoms with Gasteiger partial charge in [0.25, 0.3) is 0 Å². The van der Waals surface area contributed by atoms with E-state index in [4.69, 9.17) is 10.3 Å². The van der Waals surface area contributed by atoms with Crippen molar-refractivity contribution >= 4 is 5.69 Å². The summed E-state index contributed by atoms with van der Waals surface area (Å²) in [6, 6.07) is 0.865. The maximum atomic E-state index is 5.80. The van der Waals surface area contributed by atoms with Gasteiger partial charge in [-0.2, -0.15) is 0 Å². The highest BCUT2D eigenvalue weighted by Gasteiger charge is 2.31. The van der Waals surface area contributed by atoms with E-state index in [0.717, 1.165) is 18.7 Å². The van der Waals surface area contributed by atoms with Gasteiger partial charge in [0.05, 0.1) is 17.9 Å². The number of anilines is 1. The molecule has 4 nitrogen and oxygen atoms in total. The number of nitrogens with two attached hydrogens (primary N) is 1. The molecule has 4 heteroatoms. The van der Waals surface area contributed by atoms with Gasteiger partial charge in [-0.15, -0.1) is 0 Å². The van der Waals surface area contributed by atoms with Crippen LogP contribution in [0.3, 0.4) is 0 Å². The topological polar surface area (TPSA) is 55.3 Å². The van der Waals surface area contributed by atoms with Crippen molar-refractivity contribution in [3.8, 4) is 0 Å². The van der Waals surface area contributed by atoms with Gasteiger partial charge in [-0.1, -0.05) is 5.16 Å². The van der Waals surface area contributed by atoms with E-state index in [9.17, 15) is 0 Å². The van der Waals surface area contributed by atoms with E-state index < -0.39 is 0 Å². The zero-order chi connectivity index (χ0) is 10.1. The third kappa shape index (κ3) is 1.50. The molecule has 1 unspecified atom stereocenters. The number of likely N-dealkylation sites (tertiary alicyclic amines) is 1. The molecule has 14 heavy (non-hydrogen) atoms. The number of rotatable bonds is 2. The Morgan fingerprint density at radius 3 is 3.00 bits per heavy atom. The van der Waals surface area contributed by atoms with Crippen molar-refractivity contribution in [2.45, 2.75) is 38.8 Å². The van der Waals surface area contributed by atoms with Gasteiger partial charge in [-0.25, -0.2) is 0 Å². The highest BCUT2D eigenvalue weighted by molar-refractivity contribution is 5.40. The maximum Gasteiger partial charge on any atom is 0.176 e. The second kappa shape index (κ2) is 3.61. The van der Waals surface area contributed by atoms with Crippen LogP contribution in [0.25, 0.3) is 0 Å². The average molecular weight is 195 g/mol. The second-order valence-corrected chi connectivity index (χ2v) is 4.13. The predicted octanol–water partition coefficient (Wildman–Crippen LogP) is 1.80. The Balaban J connectivity index is 2.22. The minimum absolute atomic E-state index is 0.331. The summed E-state index contributed by atoms with van der Waals surface area (Å²) in [5.74, 6) is 0.844. The summed E-state index contributed by atoms with van der Waals surface area (Å²) in [6.07, 6.45) is 3.92. The summed E-state index contributed by atoms with van der Waals surface area (Å²) in [5, 5.41) is 3.73. The van der Waals surface area contributed by atoms with Gasteiger partial charge in [0, 0.05) is 6.04 Å². The minimum atomic E-state index is 0.331. The Kier molecular flexibility index (Phi) is 2.46. The Labute approximate surface area is 84.0 Å². The zero-order valence-corrected chi connectivity index (χ0v) is 8.73. The molecule has 2 N–H and O–H groups in total. The molecule has 0 saturated carbocycles. The summed E-state index contributed by atoms with van der Waals surface area (Å²) >= 11 is 0. The summed E-state index contributed by atoms with van der Waals surface area (Å²) in [5.41, 5.74) is 6.48. The van der Waals surface area contributed by atoms with E-state index >= 15 is 0 Å². The quantitative estimate of drug-likeness (QED) is 0.781. The fourth-order valence-corrected chi connectivity index (χ4v) is 2.20. The standard InChI is InChI=1S/C10H17N3O/c1-7(2)13-5-3-4-9(13)10-8(11)6-12-14-10/h6-7,9H,3-5,11H2,1-2H3. The van der Waals surface area contributed by atoms with Crippen LogP contribution in [-0.4, -0.2) is 22.6 Å². The van der Waals surface area contributed by atoms with Crippen LogP contribution in [-0.2, 0) is 0 Å². The van der Waals surface area contributed by atoms with Crippen molar-refractivity contribution < 1.29 is 4.52 Å². The van der Waals surface area contributed by atoms with Crippen LogP contribution in [0, 0.1) is 0 Å². The van der Waals surface area contributed by atoms with Crippen molar-refractivity contribution in [2.24, 2.45) is 0 Å². The van der Waals surface area contributed by atoms with Crippen molar-refractivity contribution in [2.75, 3.05) is 12.3 Å². The molecule has 0 aliphatic carbocycles. The molecule has 0 radical (unpaired) electrons. The van der Waals surface area contributed by atoms with Gasteiger partial charge in [0.2, 0.25) is 0 Å². The SMILES string of the molecule is CC(C)N1CCCC1c1oncc1N. The molecule has 1 aliphatic rings. The van der Waals surface area contributed by atoms with Crippen molar-refractivity contribution in [3.05, 3.63) is 12.0 Å². The zero-order valence-electron chi connectivity index (χ0n) is 8.73. The number of nitrogens with zero attached hydrogens (tertiary/aromatic N) is 2. The number of hydrogen-bond donors (Lipinski definition) is 1. The Morgan fingerprint density at radius 2 is 2.43 bits per heavy atom. The maximum absolute atomic E-state index is 5.80. The van der Waals surface area contributed by atoms with Gasteiger partial charge in [-0.3, -0.25) is 4.90 Å². The number of aromatic nitrogens is 1. The summed E-state index contributed by atoms with van der Waals surface area (Å²) in [7, 11) is 0. The molecule has 78 valence electrons. The first-order valence-electron chi connectivity index (χ1n) is 5.16. The molecular formula is C10H17N3O. The van der Waals surface area contributed by atoms with Crippen LogP contribution in [0.15, 0.2) is 10.7 Å². The molecule has 1 atom stereocenters. The Morgan fingerprint density at radius 1 is 1.64 bits per heavy atom. The van der Waals surface area contributed by atoms with E-state index in [2.05, 4.69) is 23.9 Å². The molecule has 1 aromatic heterocycles. The van der Waals surface area contributed by atoms with Crippen LogP contribution in [0.5, 0.6) is 0 Å². The Bertz CT molecular complexity index is 308. The molecular weight excluding hydrogens is 178 g/mol. The van der Waals surface area contributed by atoms with Gasteiger partial charge >= 0.3 is 0 Å². The molecule has 2 rings (SSSR count). The van der Waals surface area contributed by atoms with Gasteiger partial charge in [0.1, 0.15) is 0 Å². The largest absolute Gasteiger partial charge is 0.394 e.